The standard InChI is InChI=1S/C20H31NO4.C2HF3O2/c1-14-7-9-16(10-8-14)19(23-3)6-4-5-18(21)20(22)25-17-11-15(2)12-24-13-17;3-2(4,5)1(6)7/h7-10,15,17-19H,4-6,11-13,21H2,1-3H3;(H,6,7)/t15-,17+,18-,19-;/m0./s1. The van der Waals surface area contributed by atoms with E-state index in [0.717, 1.165) is 31.4 Å². The van der Waals surface area contributed by atoms with Crippen LogP contribution in [0.1, 0.15) is 49.8 Å². The number of rotatable bonds is 8. The van der Waals surface area contributed by atoms with Gasteiger partial charge in [0.2, 0.25) is 0 Å². The molecule has 0 unspecified atom stereocenters. The highest BCUT2D eigenvalue weighted by atomic mass is 19.4. The van der Waals surface area contributed by atoms with E-state index in [1.807, 2.05) is 0 Å². The zero-order chi connectivity index (χ0) is 24.3. The molecule has 0 bridgehead atoms. The molecule has 1 aliphatic rings. The number of alkyl halides is 3. The molecule has 182 valence electrons. The molecule has 1 fully saturated rings. The number of aryl methyl sites for hydroxylation is 1. The van der Waals surface area contributed by atoms with Crippen molar-refractivity contribution in [2.24, 2.45) is 11.7 Å². The van der Waals surface area contributed by atoms with Gasteiger partial charge in [0.05, 0.1) is 12.7 Å². The van der Waals surface area contributed by atoms with Gasteiger partial charge in [0, 0.05) is 13.7 Å². The minimum Gasteiger partial charge on any atom is -0.475 e. The Balaban J connectivity index is 0.000000633. The molecule has 32 heavy (non-hydrogen) atoms. The Morgan fingerprint density at radius 3 is 2.31 bits per heavy atom. The molecule has 1 aromatic carbocycles. The van der Waals surface area contributed by atoms with E-state index >= 15 is 0 Å². The maximum absolute atomic E-state index is 12.1. The summed E-state index contributed by atoms with van der Waals surface area (Å²) in [5.41, 5.74) is 8.38. The van der Waals surface area contributed by atoms with Gasteiger partial charge in [-0.25, -0.2) is 4.79 Å². The molecular weight excluding hydrogens is 431 g/mol. The van der Waals surface area contributed by atoms with Crippen molar-refractivity contribution in [2.75, 3.05) is 20.3 Å². The molecule has 0 amide bonds. The Labute approximate surface area is 186 Å². The molecule has 0 aliphatic carbocycles. The van der Waals surface area contributed by atoms with Gasteiger partial charge >= 0.3 is 18.1 Å². The highest BCUT2D eigenvalue weighted by Crippen LogP contribution is 2.24. The van der Waals surface area contributed by atoms with E-state index in [2.05, 4.69) is 38.1 Å². The summed E-state index contributed by atoms with van der Waals surface area (Å²) in [5.74, 6) is -2.67. The van der Waals surface area contributed by atoms with Gasteiger partial charge in [-0.05, 0) is 44.1 Å². The first-order chi connectivity index (χ1) is 14.9. The SMILES string of the molecule is CO[C@@H](CCC[C@H](N)C(=O)O[C@H]1COC[C@@H](C)C1)c1ccc(C)cc1.O=C(O)C(F)(F)F. The maximum atomic E-state index is 12.1. The Morgan fingerprint density at radius 2 is 1.81 bits per heavy atom. The molecule has 1 aromatic rings. The number of carbonyl (C=O) groups is 2. The molecule has 0 saturated carbocycles. The van der Waals surface area contributed by atoms with Gasteiger partial charge in [0.1, 0.15) is 12.1 Å². The van der Waals surface area contributed by atoms with Crippen LogP contribution >= 0.6 is 0 Å². The maximum Gasteiger partial charge on any atom is 0.490 e. The molecular formula is C22H32F3NO6. The third-order valence-electron chi connectivity index (χ3n) is 4.91. The highest BCUT2D eigenvalue weighted by molar-refractivity contribution is 5.75. The molecule has 1 aliphatic heterocycles. The molecule has 0 radical (unpaired) electrons. The number of esters is 1. The Bertz CT molecular complexity index is 711. The van der Waals surface area contributed by atoms with Crippen LogP contribution in [-0.4, -0.2) is 55.7 Å². The van der Waals surface area contributed by atoms with Crippen LogP contribution in [0.25, 0.3) is 0 Å². The lowest BCUT2D eigenvalue weighted by molar-refractivity contribution is -0.192. The average molecular weight is 463 g/mol. The monoisotopic (exact) mass is 463 g/mol. The molecule has 10 heteroatoms. The lowest BCUT2D eigenvalue weighted by Gasteiger charge is -2.27. The number of aliphatic carboxylic acids is 1. The first-order valence-corrected chi connectivity index (χ1v) is 10.4. The molecule has 0 spiro atoms. The zero-order valence-electron chi connectivity index (χ0n) is 18.6. The van der Waals surface area contributed by atoms with Gasteiger partial charge in [0.25, 0.3) is 0 Å². The number of hydrogen-bond donors (Lipinski definition) is 2. The Kier molecular flexibility index (Phi) is 11.7. The second-order valence-electron chi connectivity index (χ2n) is 7.91. The van der Waals surface area contributed by atoms with Crippen LogP contribution in [0.15, 0.2) is 24.3 Å². The fourth-order valence-corrected chi connectivity index (χ4v) is 3.16. The van der Waals surface area contributed by atoms with Crippen LogP contribution in [0.2, 0.25) is 0 Å². The van der Waals surface area contributed by atoms with Crippen LogP contribution < -0.4 is 5.73 Å². The van der Waals surface area contributed by atoms with E-state index in [0.29, 0.717) is 18.9 Å². The molecule has 3 N–H and O–H groups in total. The third kappa shape index (κ3) is 10.4. The first kappa shape index (κ1) is 27.9. The van der Waals surface area contributed by atoms with Crippen LogP contribution in [0.5, 0.6) is 0 Å². The number of carboxylic acids is 1. The van der Waals surface area contributed by atoms with E-state index in [1.165, 1.54) is 5.56 Å². The number of nitrogens with two attached hydrogens (primary N) is 1. The molecule has 0 aromatic heterocycles. The number of ether oxygens (including phenoxy) is 3. The van der Waals surface area contributed by atoms with Crippen molar-refractivity contribution in [3.63, 3.8) is 0 Å². The lowest BCUT2D eigenvalue weighted by Crippen LogP contribution is -2.39. The van der Waals surface area contributed by atoms with Crippen molar-refractivity contribution >= 4 is 11.9 Å². The smallest absolute Gasteiger partial charge is 0.475 e. The number of hydrogen-bond acceptors (Lipinski definition) is 6. The number of carbonyl (C=O) groups excluding carboxylic acids is 1. The fraction of sp³-hybridized carbons (Fsp3) is 0.636. The van der Waals surface area contributed by atoms with E-state index in [4.69, 9.17) is 29.8 Å². The summed E-state index contributed by atoms with van der Waals surface area (Å²) < 4.78 is 48.2. The molecule has 1 heterocycles. The van der Waals surface area contributed by atoms with Crippen molar-refractivity contribution in [1.82, 2.24) is 0 Å². The molecule has 4 atom stereocenters. The zero-order valence-corrected chi connectivity index (χ0v) is 18.6. The van der Waals surface area contributed by atoms with E-state index in [-0.39, 0.29) is 18.2 Å². The van der Waals surface area contributed by atoms with Crippen molar-refractivity contribution in [3.05, 3.63) is 35.4 Å². The average Bonchev–Trinajstić information content (AvgIpc) is 2.71. The van der Waals surface area contributed by atoms with Crippen molar-refractivity contribution in [1.29, 1.82) is 0 Å². The summed E-state index contributed by atoms with van der Waals surface area (Å²) in [6.45, 7) is 5.36. The minimum absolute atomic E-state index is 0.0245. The summed E-state index contributed by atoms with van der Waals surface area (Å²) in [6, 6.07) is 7.74. The highest BCUT2D eigenvalue weighted by Gasteiger charge is 2.38. The van der Waals surface area contributed by atoms with Crippen molar-refractivity contribution < 1.29 is 42.1 Å². The number of benzene rings is 1. The molecule has 7 nitrogen and oxygen atoms in total. The summed E-state index contributed by atoms with van der Waals surface area (Å²) in [6.07, 6.45) is -2.16. The Morgan fingerprint density at radius 1 is 1.22 bits per heavy atom. The summed E-state index contributed by atoms with van der Waals surface area (Å²) in [4.78, 5) is 21.0. The molecule has 1 saturated heterocycles. The topological polar surface area (TPSA) is 108 Å². The molecule has 2 rings (SSSR count). The van der Waals surface area contributed by atoms with Crippen molar-refractivity contribution in [2.45, 2.75) is 64.0 Å². The number of methoxy groups -OCH3 is 1. The van der Waals surface area contributed by atoms with E-state index in [1.54, 1.807) is 7.11 Å². The van der Waals surface area contributed by atoms with E-state index in [9.17, 15) is 18.0 Å². The lowest BCUT2D eigenvalue weighted by atomic mass is 10.0. The van der Waals surface area contributed by atoms with Gasteiger partial charge in [-0.2, -0.15) is 13.2 Å². The fourth-order valence-electron chi connectivity index (χ4n) is 3.16. The van der Waals surface area contributed by atoms with Gasteiger partial charge < -0.3 is 25.1 Å². The summed E-state index contributed by atoms with van der Waals surface area (Å²) in [5, 5.41) is 7.12. The quantitative estimate of drug-likeness (QED) is 0.565. The predicted molar refractivity (Wildman–Crippen MR) is 111 cm³/mol. The summed E-state index contributed by atoms with van der Waals surface area (Å²) in [7, 11) is 1.71. The van der Waals surface area contributed by atoms with Gasteiger partial charge in [-0.3, -0.25) is 4.79 Å². The third-order valence-corrected chi connectivity index (χ3v) is 4.91. The minimum atomic E-state index is -5.08. The predicted octanol–water partition coefficient (Wildman–Crippen LogP) is 3.78. The van der Waals surface area contributed by atoms with E-state index < -0.39 is 18.2 Å². The Hall–Kier alpha value is -2.17. The number of carboxylic acid groups (broad SMARTS) is 1. The summed E-state index contributed by atoms with van der Waals surface area (Å²) >= 11 is 0. The van der Waals surface area contributed by atoms with Gasteiger partial charge in [-0.1, -0.05) is 36.8 Å². The second kappa shape index (κ2) is 13.4. The van der Waals surface area contributed by atoms with Crippen LogP contribution in [0.3, 0.4) is 0 Å². The first-order valence-electron chi connectivity index (χ1n) is 10.4. The van der Waals surface area contributed by atoms with Crippen LogP contribution in [0, 0.1) is 12.8 Å². The van der Waals surface area contributed by atoms with Crippen LogP contribution in [-0.2, 0) is 23.8 Å². The van der Waals surface area contributed by atoms with Crippen LogP contribution in [0.4, 0.5) is 13.2 Å². The van der Waals surface area contributed by atoms with Gasteiger partial charge in [-0.15, -0.1) is 0 Å². The second-order valence-corrected chi connectivity index (χ2v) is 7.91. The van der Waals surface area contributed by atoms with Crippen molar-refractivity contribution in [3.8, 4) is 0 Å². The largest absolute Gasteiger partial charge is 0.490 e. The van der Waals surface area contributed by atoms with Gasteiger partial charge in [0.15, 0.2) is 0 Å². The number of halogens is 3. The normalized spacial score (nSPS) is 20.5.